The standard InChI is InChI=1S/C3H4Br4O/c4-2(5)3(6,7)1-8/h2,8H,1H2. The van der Waals surface area contributed by atoms with E-state index in [0.29, 0.717) is 0 Å². The van der Waals surface area contributed by atoms with Crippen LogP contribution in [-0.4, -0.2) is 18.7 Å². The third-order valence-electron chi connectivity index (χ3n) is 0.530. The van der Waals surface area contributed by atoms with Crippen molar-refractivity contribution in [3.05, 3.63) is 0 Å². The van der Waals surface area contributed by atoms with E-state index in [2.05, 4.69) is 63.7 Å². The van der Waals surface area contributed by atoms with Crippen LogP contribution in [0.3, 0.4) is 0 Å². The average molecular weight is 376 g/mol. The van der Waals surface area contributed by atoms with Gasteiger partial charge in [0.15, 0.2) is 0 Å². The molecule has 0 radical (unpaired) electrons. The molecule has 0 aromatic carbocycles. The van der Waals surface area contributed by atoms with Crippen molar-refractivity contribution in [1.82, 2.24) is 0 Å². The van der Waals surface area contributed by atoms with E-state index in [1.54, 1.807) is 0 Å². The van der Waals surface area contributed by atoms with Crippen LogP contribution in [0.25, 0.3) is 0 Å². The number of alkyl halides is 4. The molecular formula is C3H4Br4O. The molecule has 5 heteroatoms. The lowest BCUT2D eigenvalue weighted by atomic mass is 10.5. The fraction of sp³-hybridized carbons (Fsp3) is 1.00. The number of halogens is 4. The molecule has 0 amide bonds. The molecule has 50 valence electrons. The summed E-state index contributed by atoms with van der Waals surface area (Å²) in [6.07, 6.45) is 0. The third kappa shape index (κ3) is 3.15. The Bertz CT molecular complexity index is 71.7. The molecule has 0 aromatic rings. The molecule has 0 saturated heterocycles. The van der Waals surface area contributed by atoms with E-state index in [9.17, 15) is 0 Å². The van der Waals surface area contributed by atoms with Gasteiger partial charge in [0.2, 0.25) is 0 Å². The number of hydrogen-bond donors (Lipinski definition) is 1. The van der Waals surface area contributed by atoms with Gasteiger partial charge in [-0.25, -0.2) is 0 Å². The summed E-state index contributed by atoms with van der Waals surface area (Å²) in [5.74, 6) is 0. The summed E-state index contributed by atoms with van der Waals surface area (Å²) < 4.78 is -0.424. The first-order chi connectivity index (χ1) is 3.50. The lowest BCUT2D eigenvalue weighted by Gasteiger charge is -2.17. The Balaban J connectivity index is 3.71. The van der Waals surface area contributed by atoms with Crippen LogP contribution in [0, 0.1) is 0 Å². The van der Waals surface area contributed by atoms with E-state index in [-0.39, 0.29) is 10.3 Å². The molecule has 0 rings (SSSR count). The summed E-state index contributed by atoms with van der Waals surface area (Å²) in [7, 11) is 0. The van der Waals surface area contributed by atoms with Gasteiger partial charge in [-0.1, -0.05) is 63.7 Å². The second-order valence-corrected chi connectivity index (χ2v) is 8.17. The molecule has 0 atom stereocenters. The highest BCUT2D eigenvalue weighted by Gasteiger charge is 2.28. The van der Waals surface area contributed by atoms with Crippen LogP contribution in [0.15, 0.2) is 0 Å². The Kier molecular flexibility index (Phi) is 4.83. The molecule has 0 spiro atoms. The predicted octanol–water partition coefficient (Wildman–Crippen LogP) is 2.58. The zero-order valence-corrected chi connectivity index (χ0v) is 10.1. The van der Waals surface area contributed by atoms with Crippen LogP contribution in [0.4, 0.5) is 0 Å². The van der Waals surface area contributed by atoms with Crippen molar-refractivity contribution in [3.8, 4) is 0 Å². The highest BCUT2D eigenvalue weighted by Crippen LogP contribution is 2.37. The highest BCUT2D eigenvalue weighted by atomic mass is 79.9. The molecule has 0 fully saturated rings. The second kappa shape index (κ2) is 3.91. The van der Waals surface area contributed by atoms with Crippen LogP contribution >= 0.6 is 63.7 Å². The fourth-order valence-electron chi connectivity index (χ4n) is 0.0690. The van der Waals surface area contributed by atoms with Gasteiger partial charge in [0.05, 0.1) is 10.3 Å². The Labute approximate surface area is 81.7 Å². The van der Waals surface area contributed by atoms with Gasteiger partial charge in [-0.2, -0.15) is 0 Å². The summed E-state index contributed by atoms with van der Waals surface area (Å²) in [5, 5.41) is 8.61. The molecule has 0 aliphatic carbocycles. The second-order valence-electron chi connectivity index (χ2n) is 1.22. The average Bonchev–Trinajstić information content (AvgIpc) is 1.67. The molecule has 0 aliphatic heterocycles. The minimum atomic E-state index is -0.444. The first-order valence-electron chi connectivity index (χ1n) is 1.77. The van der Waals surface area contributed by atoms with Crippen LogP contribution in [0.5, 0.6) is 0 Å². The zero-order chi connectivity index (χ0) is 6.78. The van der Waals surface area contributed by atoms with Crippen molar-refractivity contribution in [2.45, 2.75) is 6.97 Å². The molecule has 1 nitrogen and oxygen atoms in total. The van der Waals surface area contributed by atoms with Gasteiger partial charge in [-0.05, 0) is 0 Å². The molecule has 8 heavy (non-hydrogen) atoms. The Morgan fingerprint density at radius 1 is 1.38 bits per heavy atom. The Hall–Kier alpha value is 1.88. The molecule has 0 aromatic heterocycles. The van der Waals surface area contributed by atoms with Gasteiger partial charge in [-0.3, -0.25) is 0 Å². The first kappa shape index (κ1) is 9.88. The van der Waals surface area contributed by atoms with E-state index < -0.39 is 3.23 Å². The van der Waals surface area contributed by atoms with E-state index in [0.717, 1.165) is 0 Å². The number of hydrogen-bond acceptors (Lipinski definition) is 1. The van der Waals surface area contributed by atoms with Gasteiger partial charge in [0, 0.05) is 0 Å². The minimum Gasteiger partial charge on any atom is -0.394 e. The summed E-state index contributed by atoms with van der Waals surface area (Å²) in [6, 6.07) is 0. The van der Waals surface area contributed by atoms with Crippen LogP contribution in [-0.2, 0) is 0 Å². The van der Waals surface area contributed by atoms with Gasteiger partial charge in [0.25, 0.3) is 0 Å². The van der Waals surface area contributed by atoms with Crippen molar-refractivity contribution >= 4 is 63.7 Å². The lowest BCUT2D eigenvalue weighted by molar-refractivity contribution is 0.294. The maximum Gasteiger partial charge on any atom is 0.125 e. The quantitative estimate of drug-likeness (QED) is 0.736. The van der Waals surface area contributed by atoms with Crippen molar-refractivity contribution in [2.24, 2.45) is 0 Å². The lowest BCUT2D eigenvalue weighted by Crippen LogP contribution is -2.23. The van der Waals surface area contributed by atoms with Crippen LogP contribution in [0.2, 0.25) is 0 Å². The van der Waals surface area contributed by atoms with Gasteiger partial charge in [0.1, 0.15) is 3.23 Å². The number of aliphatic hydroxyl groups excluding tert-OH is 1. The maximum atomic E-state index is 8.61. The summed E-state index contributed by atoms with van der Waals surface area (Å²) in [6.45, 7) is 0.0220. The topological polar surface area (TPSA) is 20.2 Å². The molecular weight excluding hydrogens is 372 g/mol. The molecule has 0 heterocycles. The van der Waals surface area contributed by atoms with Crippen molar-refractivity contribution in [1.29, 1.82) is 0 Å². The molecule has 1 N–H and O–H groups in total. The van der Waals surface area contributed by atoms with Crippen LogP contribution in [0.1, 0.15) is 0 Å². The number of rotatable bonds is 2. The van der Waals surface area contributed by atoms with Gasteiger partial charge in [-0.15, -0.1) is 0 Å². The summed E-state index contributed by atoms with van der Waals surface area (Å²) in [5.41, 5.74) is 0. The van der Waals surface area contributed by atoms with Gasteiger partial charge < -0.3 is 5.11 Å². The monoisotopic (exact) mass is 372 g/mol. The van der Waals surface area contributed by atoms with Crippen molar-refractivity contribution in [3.63, 3.8) is 0 Å². The Morgan fingerprint density at radius 3 is 1.75 bits per heavy atom. The van der Waals surface area contributed by atoms with E-state index in [1.807, 2.05) is 0 Å². The minimum absolute atomic E-state index is 0.0208. The Morgan fingerprint density at radius 2 is 1.75 bits per heavy atom. The van der Waals surface area contributed by atoms with E-state index in [1.165, 1.54) is 0 Å². The van der Waals surface area contributed by atoms with Crippen molar-refractivity contribution in [2.75, 3.05) is 6.61 Å². The third-order valence-corrected chi connectivity index (χ3v) is 5.97. The summed E-state index contributed by atoms with van der Waals surface area (Å²) in [4.78, 5) is 0. The zero-order valence-electron chi connectivity index (χ0n) is 3.74. The molecule has 0 aliphatic rings. The smallest absolute Gasteiger partial charge is 0.125 e. The molecule has 0 bridgehead atoms. The van der Waals surface area contributed by atoms with E-state index in [4.69, 9.17) is 5.11 Å². The fourth-order valence-corrected chi connectivity index (χ4v) is 0.359. The van der Waals surface area contributed by atoms with Gasteiger partial charge >= 0.3 is 0 Å². The van der Waals surface area contributed by atoms with Crippen LogP contribution < -0.4 is 0 Å². The predicted molar refractivity (Wildman–Crippen MR) is 49.3 cm³/mol. The molecule has 0 unspecified atom stereocenters. The summed E-state index contributed by atoms with van der Waals surface area (Å²) >= 11 is 12.9. The number of aliphatic hydroxyl groups is 1. The first-order valence-corrected chi connectivity index (χ1v) is 5.19. The highest BCUT2D eigenvalue weighted by molar-refractivity contribution is 9.30. The molecule has 0 saturated carbocycles. The largest absolute Gasteiger partial charge is 0.394 e. The van der Waals surface area contributed by atoms with E-state index >= 15 is 0 Å². The SMILES string of the molecule is OCC(Br)(Br)C(Br)Br. The normalized spacial score (nSPS) is 12.8. The van der Waals surface area contributed by atoms with Crippen molar-refractivity contribution < 1.29 is 5.11 Å². The maximum absolute atomic E-state index is 8.61.